The summed E-state index contributed by atoms with van der Waals surface area (Å²) in [5.74, 6) is 0. The van der Waals surface area contributed by atoms with Crippen LogP contribution in [0, 0.1) is 0 Å². The molecule has 1 atom stereocenters. The van der Waals surface area contributed by atoms with Gasteiger partial charge in [0, 0.05) is 11.6 Å². The van der Waals surface area contributed by atoms with Gasteiger partial charge in [-0.25, -0.2) is 0 Å². The Morgan fingerprint density at radius 3 is 2.37 bits per heavy atom. The van der Waals surface area contributed by atoms with Crippen molar-refractivity contribution < 1.29 is 0 Å². The van der Waals surface area contributed by atoms with E-state index in [0.29, 0.717) is 18.7 Å². The monoisotopic (exact) mass is 353 g/mol. The maximum atomic E-state index is 6.19. The van der Waals surface area contributed by atoms with Crippen molar-refractivity contribution in [2.75, 3.05) is 7.05 Å². The Bertz CT molecular complexity index is 582. The molecule has 19 heavy (non-hydrogen) atoms. The lowest BCUT2D eigenvalue weighted by Gasteiger charge is -2.16. The van der Waals surface area contributed by atoms with E-state index in [1.165, 1.54) is 11.3 Å². The minimum Gasteiger partial charge on any atom is -0.313 e. The zero-order valence-corrected chi connectivity index (χ0v) is 13.9. The molecule has 0 aliphatic rings. The Hall–Kier alpha value is 0.0400. The zero-order chi connectivity index (χ0) is 14.0. The van der Waals surface area contributed by atoms with Gasteiger partial charge in [-0.3, -0.25) is 0 Å². The van der Waals surface area contributed by atoms with Gasteiger partial charge >= 0.3 is 0 Å². The quantitative estimate of drug-likeness (QED) is 0.724. The van der Waals surface area contributed by atoms with Gasteiger partial charge in [0.1, 0.15) is 0 Å². The molecule has 0 aliphatic carbocycles. The van der Waals surface area contributed by atoms with Crippen LogP contribution in [-0.2, 0) is 6.42 Å². The van der Waals surface area contributed by atoms with E-state index in [0.717, 1.165) is 17.5 Å². The largest absolute Gasteiger partial charge is 0.313 e. The van der Waals surface area contributed by atoms with Crippen molar-refractivity contribution in [3.05, 3.63) is 54.1 Å². The van der Waals surface area contributed by atoms with Crippen LogP contribution < -0.4 is 5.32 Å². The van der Waals surface area contributed by atoms with Crippen molar-refractivity contribution in [3.63, 3.8) is 0 Å². The fraction of sp³-hybridized carbons (Fsp3) is 0.231. The smallest absolute Gasteiger partial charge is 0.0992 e. The standard InChI is InChI=1S/C13H11Cl4NS/c1-18-11(8-6-12(16)19-13(8)17)5-7-2-3-9(14)10(15)4-7/h2-4,6,11,18H,5H2,1H3. The van der Waals surface area contributed by atoms with Gasteiger partial charge in [0.25, 0.3) is 0 Å². The van der Waals surface area contributed by atoms with Crippen LogP contribution in [0.15, 0.2) is 24.3 Å². The first-order valence-corrected chi connectivity index (χ1v) is 7.90. The number of thiophene rings is 1. The SMILES string of the molecule is CNC(Cc1ccc(Cl)c(Cl)c1)c1cc(Cl)sc1Cl. The second kappa shape index (κ2) is 6.66. The van der Waals surface area contributed by atoms with Crippen molar-refractivity contribution in [1.29, 1.82) is 0 Å². The van der Waals surface area contributed by atoms with Crippen LogP contribution in [0.1, 0.15) is 17.2 Å². The molecule has 0 saturated heterocycles. The summed E-state index contributed by atoms with van der Waals surface area (Å²) in [6, 6.07) is 7.62. The topological polar surface area (TPSA) is 12.0 Å². The van der Waals surface area contributed by atoms with Crippen molar-refractivity contribution in [2.45, 2.75) is 12.5 Å². The molecule has 2 rings (SSSR count). The first kappa shape index (κ1) is 15.4. The van der Waals surface area contributed by atoms with E-state index in [4.69, 9.17) is 46.4 Å². The van der Waals surface area contributed by atoms with E-state index < -0.39 is 0 Å². The first-order chi connectivity index (χ1) is 9.01. The minimum absolute atomic E-state index is 0.0912. The zero-order valence-electron chi connectivity index (χ0n) is 10.0. The molecule has 1 aromatic heterocycles. The lowest BCUT2D eigenvalue weighted by molar-refractivity contribution is 0.594. The second-order valence-electron chi connectivity index (χ2n) is 4.07. The fourth-order valence-electron chi connectivity index (χ4n) is 1.86. The first-order valence-electron chi connectivity index (χ1n) is 5.57. The van der Waals surface area contributed by atoms with Gasteiger partial charge in [0.15, 0.2) is 0 Å². The fourth-order valence-corrected chi connectivity index (χ4v) is 3.76. The summed E-state index contributed by atoms with van der Waals surface area (Å²) in [5, 5.41) is 4.36. The van der Waals surface area contributed by atoms with Gasteiger partial charge in [-0.2, -0.15) is 0 Å². The highest BCUT2D eigenvalue weighted by molar-refractivity contribution is 7.20. The molecule has 6 heteroatoms. The summed E-state index contributed by atoms with van der Waals surface area (Å²) < 4.78 is 1.40. The highest BCUT2D eigenvalue weighted by Crippen LogP contribution is 2.36. The lowest BCUT2D eigenvalue weighted by Crippen LogP contribution is -2.18. The van der Waals surface area contributed by atoms with E-state index in [2.05, 4.69) is 5.32 Å². The summed E-state index contributed by atoms with van der Waals surface area (Å²) in [5.41, 5.74) is 2.09. The summed E-state index contributed by atoms with van der Waals surface area (Å²) in [6.45, 7) is 0. The predicted molar refractivity (Wildman–Crippen MR) is 86.3 cm³/mol. The van der Waals surface area contributed by atoms with Gasteiger partial charge in [0.2, 0.25) is 0 Å². The second-order valence-corrected chi connectivity index (χ2v) is 7.17. The molecule has 0 fully saturated rings. The normalized spacial score (nSPS) is 12.7. The van der Waals surface area contributed by atoms with Gasteiger partial charge < -0.3 is 5.32 Å². The molecule has 102 valence electrons. The predicted octanol–water partition coefficient (Wildman–Crippen LogP) is 5.86. The van der Waals surface area contributed by atoms with Crippen LogP contribution in [0.2, 0.25) is 18.7 Å². The third-order valence-electron chi connectivity index (χ3n) is 2.83. The van der Waals surface area contributed by atoms with Crippen molar-refractivity contribution >= 4 is 57.7 Å². The molecule has 2 aromatic rings. The number of hydrogen-bond donors (Lipinski definition) is 1. The Balaban J connectivity index is 2.23. The number of rotatable bonds is 4. The van der Waals surface area contributed by atoms with Gasteiger partial charge in [-0.1, -0.05) is 52.5 Å². The maximum absolute atomic E-state index is 6.19. The Labute approximate surface area is 136 Å². The minimum atomic E-state index is 0.0912. The Kier molecular flexibility index (Phi) is 5.41. The molecule has 0 spiro atoms. The molecular formula is C13H11Cl4NS. The summed E-state index contributed by atoms with van der Waals surface area (Å²) in [7, 11) is 1.89. The number of halogens is 4. The summed E-state index contributed by atoms with van der Waals surface area (Å²) in [6.07, 6.45) is 0.764. The lowest BCUT2D eigenvalue weighted by atomic mass is 10.0. The molecule has 1 unspecified atom stereocenters. The molecule has 0 bridgehead atoms. The Morgan fingerprint density at radius 2 is 1.84 bits per heavy atom. The molecule has 1 nitrogen and oxygen atoms in total. The third kappa shape index (κ3) is 3.78. The summed E-state index contributed by atoms with van der Waals surface area (Å²) >= 11 is 25.5. The molecule has 0 radical (unpaired) electrons. The van der Waals surface area contributed by atoms with Gasteiger partial charge in [-0.15, -0.1) is 11.3 Å². The van der Waals surface area contributed by atoms with Crippen LogP contribution in [0.4, 0.5) is 0 Å². The van der Waals surface area contributed by atoms with E-state index in [1.807, 2.05) is 25.2 Å². The van der Waals surface area contributed by atoms with E-state index in [-0.39, 0.29) is 6.04 Å². The van der Waals surface area contributed by atoms with Gasteiger partial charge in [-0.05, 0) is 37.2 Å². The highest BCUT2D eigenvalue weighted by Gasteiger charge is 2.17. The van der Waals surface area contributed by atoms with Crippen LogP contribution in [0.5, 0.6) is 0 Å². The molecule has 0 amide bonds. The number of benzene rings is 1. The van der Waals surface area contributed by atoms with Crippen molar-refractivity contribution in [2.24, 2.45) is 0 Å². The number of nitrogens with one attached hydrogen (secondary N) is 1. The Morgan fingerprint density at radius 1 is 1.11 bits per heavy atom. The van der Waals surface area contributed by atoms with Crippen molar-refractivity contribution in [1.82, 2.24) is 5.32 Å². The van der Waals surface area contributed by atoms with E-state index >= 15 is 0 Å². The van der Waals surface area contributed by atoms with Crippen LogP contribution in [-0.4, -0.2) is 7.05 Å². The third-order valence-corrected chi connectivity index (χ3v) is 5.09. The molecular weight excluding hydrogens is 344 g/mol. The van der Waals surface area contributed by atoms with Crippen LogP contribution in [0.3, 0.4) is 0 Å². The molecule has 1 N–H and O–H groups in total. The average molecular weight is 355 g/mol. The van der Waals surface area contributed by atoms with Crippen LogP contribution in [0.25, 0.3) is 0 Å². The molecule has 0 aliphatic heterocycles. The molecule has 1 heterocycles. The van der Waals surface area contributed by atoms with Crippen molar-refractivity contribution in [3.8, 4) is 0 Å². The van der Waals surface area contributed by atoms with Gasteiger partial charge in [0.05, 0.1) is 18.7 Å². The molecule has 1 aromatic carbocycles. The average Bonchev–Trinajstić information content (AvgIpc) is 2.70. The van der Waals surface area contributed by atoms with Crippen LogP contribution >= 0.6 is 57.7 Å². The number of likely N-dealkylation sites (N-methyl/N-ethyl adjacent to an activating group) is 1. The maximum Gasteiger partial charge on any atom is 0.0992 e. The molecule has 0 saturated carbocycles. The summed E-state index contributed by atoms with van der Waals surface area (Å²) in [4.78, 5) is 0. The number of hydrogen-bond acceptors (Lipinski definition) is 2. The van der Waals surface area contributed by atoms with E-state index in [1.54, 1.807) is 6.07 Å². The van der Waals surface area contributed by atoms with E-state index in [9.17, 15) is 0 Å². The highest BCUT2D eigenvalue weighted by atomic mass is 35.5.